The molecule has 1 amide bonds. The largest absolute Gasteiger partial charge is 0.444 e. The number of carbonyl (C=O) groups is 1. The first-order valence-electron chi connectivity index (χ1n) is 7.02. The van der Waals surface area contributed by atoms with Crippen LogP contribution in [-0.4, -0.2) is 34.9 Å². The number of benzene rings is 1. The van der Waals surface area contributed by atoms with E-state index in [1.807, 2.05) is 33.8 Å². The molecule has 1 N–H and O–H groups in total. The number of hydrogen-bond donors (Lipinski definition) is 1. The van der Waals surface area contributed by atoms with Crippen LogP contribution in [0.5, 0.6) is 0 Å². The summed E-state index contributed by atoms with van der Waals surface area (Å²) in [6.45, 7) is 8.05. The summed E-state index contributed by atoms with van der Waals surface area (Å²) in [5.74, 6) is 0. The lowest BCUT2D eigenvalue weighted by atomic mass is 9.92. The van der Waals surface area contributed by atoms with Gasteiger partial charge in [0.15, 0.2) is 0 Å². The van der Waals surface area contributed by atoms with Crippen LogP contribution >= 0.6 is 0 Å². The Labute approximate surface area is 120 Å². The summed E-state index contributed by atoms with van der Waals surface area (Å²) < 4.78 is 5.43. The van der Waals surface area contributed by atoms with Crippen LogP contribution in [0.25, 0.3) is 0 Å². The summed E-state index contributed by atoms with van der Waals surface area (Å²) >= 11 is 0. The zero-order chi connectivity index (χ0) is 14.9. The molecule has 2 rings (SSSR count). The van der Waals surface area contributed by atoms with E-state index in [0.717, 1.165) is 17.5 Å². The molecular formula is C16H23NO3. The lowest BCUT2D eigenvalue weighted by molar-refractivity contribution is 0.00694. The number of nitrogens with zero attached hydrogens (tertiary/aromatic N) is 1. The maximum atomic E-state index is 12.3. The SMILES string of the molecule is Cc1ccc2c(c1)C(CO)N(C(=O)OC(C)(C)C)CC2. The van der Waals surface area contributed by atoms with Gasteiger partial charge in [-0.2, -0.15) is 0 Å². The quantitative estimate of drug-likeness (QED) is 0.858. The molecule has 0 radical (unpaired) electrons. The molecule has 0 saturated carbocycles. The Bertz CT molecular complexity index is 505. The highest BCUT2D eigenvalue weighted by Gasteiger charge is 2.33. The van der Waals surface area contributed by atoms with E-state index >= 15 is 0 Å². The van der Waals surface area contributed by atoms with Crippen molar-refractivity contribution in [1.29, 1.82) is 0 Å². The molecule has 0 spiro atoms. The zero-order valence-electron chi connectivity index (χ0n) is 12.6. The van der Waals surface area contributed by atoms with Crippen LogP contribution in [0.4, 0.5) is 4.79 Å². The lowest BCUT2D eigenvalue weighted by Gasteiger charge is -2.37. The van der Waals surface area contributed by atoms with E-state index < -0.39 is 5.60 Å². The highest BCUT2D eigenvalue weighted by Crippen LogP contribution is 2.31. The fourth-order valence-electron chi connectivity index (χ4n) is 2.55. The maximum Gasteiger partial charge on any atom is 0.410 e. The fraction of sp³-hybridized carbons (Fsp3) is 0.562. The Morgan fingerprint density at radius 3 is 2.75 bits per heavy atom. The molecule has 1 aromatic carbocycles. The molecule has 1 unspecified atom stereocenters. The van der Waals surface area contributed by atoms with Crippen LogP contribution in [0.3, 0.4) is 0 Å². The molecular weight excluding hydrogens is 254 g/mol. The molecule has 20 heavy (non-hydrogen) atoms. The van der Waals surface area contributed by atoms with Crippen molar-refractivity contribution in [3.8, 4) is 0 Å². The Hall–Kier alpha value is -1.55. The molecule has 110 valence electrons. The molecule has 4 heteroatoms. The number of rotatable bonds is 1. The van der Waals surface area contributed by atoms with Crippen LogP contribution in [0, 0.1) is 6.92 Å². The highest BCUT2D eigenvalue weighted by molar-refractivity contribution is 5.69. The van der Waals surface area contributed by atoms with E-state index in [1.165, 1.54) is 5.56 Å². The van der Waals surface area contributed by atoms with E-state index in [9.17, 15) is 9.90 Å². The van der Waals surface area contributed by atoms with Crippen LogP contribution < -0.4 is 0 Å². The number of hydrogen-bond acceptors (Lipinski definition) is 3. The molecule has 1 aliphatic heterocycles. The smallest absolute Gasteiger partial charge is 0.410 e. The van der Waals surface area contributed by atoms with Gasteiger partial charge in [-0.15, -0.1) is 0 Å². The van der Waals surface area contributed by atoms with Crippen molar-refractivity contribution in [2.24, 2.45) is 0 Å². The summed E-state index contributed by atoms with van der Waals surface area (Å²) in [6.07, 6.45) is 0.439. The monoisotopic (exact) mass is 277 g/mol. The second kappa shape index (κ2) is 5.44. The second-order valence-corrected chi connectivity index (χ2v) is 6.32. The van der Waals surface area contributed by atoms with E-state index in [4.69, 9.17) is 4.74 Å². The van der Waals surface area contributed by atoms with Crippen molar-refractivity contribution in [2.45, 2.75) is 45.8 Å². The highest BCUT2D eigenvalue weighted by atomic mass is 16.6. The van der Waals surface area contributed by atoms with Crippen molar-refractivity contribution in [3.63, 3.8) is 0 Å². The normalized spacial score (nSPS) is 18.6. The van der Waals surface area contributed by atoms with E-state index in [0.29, 0.717) is 6.54 Å². The second-order valence-electron chi connectivity index (χ2n) is 6.32. The third-order valence-corrected chi connectivity index (χ3v) is 3.46. The molecule has 1 atom stereocenters. The van der Waals surface area contributed by atoms with Gasteiger partial charge in [-0.1, -0.05) is 23.8 Å². The van der Waals surface area contributed by atoms with Gasteiger partial charge in [-0.3, -0.25) is 4.90 Å². The van der Waals surface area contributed by atoms with Crippen LogP contribution in [0.2, 0.25) is 0 Å². The maximum absolute atomic E-state index is 12.3. The topological polar surface area (TPSA) is 49.8 Å². The predicted molar refractivity (Wildman–Crippen MR) is 77.6 cm³/mol. The van der Waals surface area contributed by atoms with Gasteiger partial charge >= 0.3 is 6.09 Å². The molecule has 1 heterocycles. The average Bonchev–Trinajstić information content (AvgIpc) is 2.35. The minimum atomic E-state index is -0.524. The minimum Gasteiger partial charge on any atom is -0.444 e. The van der Waals surface area contributed by atoms with Crippen LogP contribution in [0.15, 0.2) is 18.2 Å². The molecule has 0 bridgehead atoms. The number of aryl methyl sites for hydroxylation is 1. The van der Waals surface area contributed by atoms with Gasteiger partial charge in [0, 0.05) is 6.54 Å². The Balaban J connectivity index is 2.27. The number of amides is 1. The first-order chi connectivity index (χ1) is 9.31. The van der Waals surface area contributed by atoms with Crippen molar-refractivity contribution in [1.82, 2.24) is 4.90 Å². The summed E-state index contributed by atoms with van der Waals surface area (Å²) in [6, 6.07) is 5.89. The number of fused-ring (bicyclic) bond motifs is 1. The molecule has 0 fully saturated rings. The van der Waals surface area contributed by atoms with Gasteiger partial charge in [0.25, 0.3) is 0 Å². The first-order valence-corrected chi connectivity index (χ1v) is 7.02. The van der Waals surface area contributed by atoms with Gasteiger partial charge in [-0.05, 0) is 45.2 Å². The fourth-order valence-corrected chi connectivity index (χ4v) is 2.55. The van der Waals surface area contributed by atoms with E-state index in [2.05, 4.69) is 12.1 Å². The van der Waals surface area contributed by atoms with Gasteiger partial charge in [0.2, 0.25) is 0 Å². The number of aliphatic hydroxyl groups is 1. The van der Waals surface area contributed by atoms with Crippen LogP contribution in [0.1, 0.15) is 43.5 Å². The molecule has 1 aliphatic rings. The van der Waals surface area contributed by atoms with Crippen LogP contribution in [-0.2, 0) is 11.2 Å². The van der Waals surface area contributed by atoms with Gasteiger partial charge < -0.3 is 9.84 Å². The summed E-state index contributed by atoms with van der Waals surface area (Å²) in [4.78, 5) is 13.9. The standard InChI is InChI=1S/C16H23NO3/c1-11-5-6-12-7-8-17(14(10-18)13(12)9-11)15(19)20-16(2,3)4/h5-6,9,14,18H,7-8,10H2,1-4H3. The molecule has 0 aliphatic carbocycles. The first kappa shape index (κ1) is 14.9. The van der Waals surface area contributed by atoms with Gasteiger partial charge in [0.05, 0.1) is 12.6 Å². The molecule has 4 nitrogen and oxygen atoms in total. The Morgan fingerprint density at radius 1 is 1.45 bits per heavy atom. The Kier molecular flexibility index (Phi) is 4.04. The lowest BCUT2D eigenvalue weighted by Crippen LogP contribution is -2.44. The number of carbonyl (C=O) groups excluding carboxylic acids is 1. The molecule has 0 aromatic heterocycles. The molecule has 0 saturated heterocycles. The van der Waals surface area contributed by atoms with Gasteiger partial charge in [0.1, 0.15) is 5.60 Å². The molecule has 1 aromatic rings. The van der Waals surface area contributed by atoms with Crippen molar-refractivity contribution in [2.75, 3.05) is 13.2 Å². The van der Waals surface area contributed by atoms with Gasteiger partial charge in [-0.25, -0.2) is 4.79 Å². The van der Waals surface area contributed by atoms with E-state index in [-0.39, 0.29) is 18.7 Å². The zero-order valence-corrected chi connectivity index (χ0v) is 12.6. The average molecular weight is 277 g/mol. The third kappa shape index (κ3) is 3.12. The number of ether oxygens (including phenoxy) is 1. The Morgan fingerprint density at radius 2 is 2.15 bits per heavy atom. The number of aliphatic hydroxyl groups excluding tert-OH is 1. The summed E-state index contributed by atoms with van der Waals surface area (Å²) in [5.41, 5.74) is 2.84. The van der Waals surface area contributed by atoms with Crippen molar-refractivity contribution < 1.29 is 14.6 Å². The third-order valence-electron chi connectivity index (χ3n) is 3.46. The minimum absolute atomic E-state index is 0.0876. The van der Waals surface area contributed by atoms with Crippen molar-refractivity contribution in [3.05, 3.63) is 34.9 Å². The van der Waals surface area contributed by atoms with Crippen molar-refractivity contribution >= 4 is 6.09 Å². The predicted octanol–water partition coefficient (Wildman–Crippen LogP) is 2.82. The van der Waals surface area contributed by atoms with E-state index in [1.54, 1.807) is 4.90 Å². The summed E-state index contributed by atoms with van der Waals surface area (Å²) in [5, 5.41) is 9.70. The summed E-state index contributed by atoms with van der Waals surface area (Å²) in [7, 11) is 0.